The second-order valence-corrected chi connectivity index (χ2v) is 7.02. The van der Waals surface area contributed by atoms with Gasteiger partial charge in [0.05, 0.1) is 24.7 Å². The Kier molecular flexibility index (Phi) is 6.51. The normalized spacial score (nSPS) is 37.1. The Balaban J connectivity index is 1.78. The Morgan fingerprint density at radius 1 is 1.10 bits per heavy atom. The lowest BCUT2D eigenvalue weighted by Gasteiger charge is -2.40. The summed E-state index contributed by atoms with van der Waals surface area (Å²) in [6.07, 6.45) is 10.0. The summed E-state index contributed by atoms with van der Waals surface area (Å²) in [5.41, 5.74) is -0.0636. The predicted octanol–water partition coefficient (Wildman–Crippen LogP) is 4.67. The molecule has 1 heterocycles. The lowest BCUT2D eigenvalue weighted by atomic mass is 9.68. The van der Waals surface area contributed by atoms with E-state index in [1.54, 1.807) is 0 Å². The Labute approximate surface area is 130 Å². The van der Waals surface area contributed by atoms with Crippen LogP contribution < -0.4 is 0 Å². The molecule has 2 rings (SSSR count). The Morgan fingerprint density at radius 3 is 2.29 bits per heavy atom. The molecule has 0 bridgehead atoms. The Hall–Kier alpha value is -0.590. The van der Waals surface area contributed by atoms with Crippen molar-refractivity contribution in [2.24, 2.45) is 17.3 Å². The van der Waals surface area contributed by atoms with Crippen LogP contribution in [0, 0.1) is 28.6 Å². The standard InChI is InChI=1S/C18H31NO2/c1-3-5-9-18(14-19)10-7-16(8-11-18)17-20-12-15(6-4-2)13-21-17/h15-17H,3-13H2,1-2H3. The quantitative estimate of drug-likeness (QED) is 0.715. The average Bonchev–Trinajstić information content (AvgIpc) is 2.55. The van der Waals surface area contributed by atoms with Gasteiger partial charge >= 0.3 is 0 Å². The van der Waals surface area contributed by atoms with Crippen molar-refractivity contribution < 1.29 is 9.47 Å². The first-order valence-electron chi connectivity index (χ1n) is 8.87. The molecule has 0 atom stereocenters. The molecular formula is C18H31NO2. The van der Waals surface area contributed by atoms with Gasteiger partial charge in [0.2, 0.25) is 0 Å². The van der Waals surface area contributed by atoms with Crippen molar-refractivity contribution in [2.45, 2.75) is 77.9 Å². The third-order valence-electron chi connectivity index (χ3n) is 5.31. The molecule has 0 amide bonds. The van der Waals surface area contributed by atoms with Crippen molar-refractivity contribution in [1.29, 1.82) is 5.26 Å². The Bertz CT molecular complexity index is 334. The van der Waals surface area contributed by atoms with E-state index in [9.17, 15) is 5.26 Å². The highest BCUT2D eigenvalue weighted by molar-refractivity contribution is 5.01. The molecule has 2 fully saturated rings. The molecule has 0 aromatic carbocycles. The van der Waals surface area contributed by atoms with E-state index in [-0.39, 0.29) is 11.7 Å². The second kappa shape index (κ2) is 8.15. The molecule has 0 radical (unpaired) electrons. The van der Waals surface area contributed by atoms with Crippen LogP contribution in [0.4, 0.5) is 0 Å². The monoisotopic (exact) mass is 293 g/mol. The van der Waals surface area contributed by atoms with Crippen molar-refractivity contribution in [2.75, 3.05) is 13.2 Å². The zero-order valence-electron chi connectivity index (χ0n) is 13.8. The second-order valence-electron chi connectivity index (χ2n) is 7.02. The van der Waals surface area contributed by atoms with Gasteiger partial charge in [0.1, 0.15) is 0 Å². The summed E-state index contributed by atoms with van der Waals surface area (Å²) in [5.74, 6) is 1.08. The van der Waals surface area contributed by atoms with Gasteiger partial charge in [0.25, 0.3) is 0 Å². The number of unbranched alkanes of at least 4 members (excludes halogenated alkanes) is 1. The first kappa shape index (κ1) is 16.8. The van der Waals surface area contributed by atoms with Crippen LogP contribution in [0.5, 0.6) is 0 Å². The molecule has 3 heteroatoms. The largest absolute Gasteiger partial charge is 0.352 e. The van der Waals surface area contributed by atoms with E-state index >= 15 is 0 Å². The molecular weight excluding hydrogens is 262 g/mol. The zero-order valence-corrected chi connectivity index (χ0v) is 13.8. The summed E-state index contributed by atoms with van der Waals surface area (Å²) in [5, 5.41) is 9.55. The van der Waals surface area contributed by atoms with Crippen molar-refractivity contribution >= 4 is 0 Å². The van der Waals surface area contributed by atoms with Crippen LogP contribution in [0.15, 0.2) is 0 Å². The molecule has 0 N–H and O–H groups in total. The van der Waals surface area contributed by atoms with E-state index in [4.69, 9.17) is 9.47 Å². The Morgan fingerprint density at radius 2 is 1.76 bits per heavy atom. The van der Waals surface area contributed by atoms with Gasteiger partial charge in [0.15, 0.2) is 6.29 Å². The van der Waals surface area contributed by atoms with E-state index in [1.807, 2.05) is 0 Å². The van der Waals surface area contributed by atoms with Crippen molar-refractivity contribution in [1.82, 2.24) is 0 Å². The van der Waals surface area contributed by atoms with Gasteiger partial charge in [-0.2, -0.15) is 5.26 Å². The fourth-order valence-corrected chi connectivity index (χ4v) is 3.80. The van der Waals surface area contributed by atoms with Gasteiger partial charge in [-0.25, -0.2) is 0 Å². The number of nitrogens with zero attached hydrogens (tertiary/aromatic N) is 1. The molecule has 120 valence electrons. The average molecular weight is 293 g/mol. The molecule has 1 aliphatic heterocycles. The van der Waals surface area contributed by atoms with Gasteiger partial charge < -0.3 is 9.47 Å². The molecule has 3 nitrogen and oxygen atoms in total. The minimum Gasteiger partial charge on any atom is -0.352 e. The SMILES string of the molecule is CCCCC1(C#N)CCC(C2OCC(CCC)CO2)CC1. The molecule has 21 heavy (non-hydrogen) atoms. The number of nitriles is 1. The number of hydrogen-bond donors (Lipinski definition) is 0. The van der Waals surface area contributed by atoms with Crippen LogP contribution in [-0.4, -0.2) is 19.5 Å². The summed E-state index contributed by atoms with van der Waals surface area (Å²) in [6, 6.07) is 2.62. The van der Waals surface area contributed by atoms with Gasteiger partial charge in [-0.3, -0.25) is 0 Å². The van der Waals surface area contributed by atoms with E-state index in [0.29, 0.717) is 11.8 Å². The summed E-state index contributed by atoms with van der Waals surface area (Å²) in [7, 11) is 0. The number of ether oxygens (including phenoxy) is 2. The summed E-state index contributed by atoms with van der Waals surface area (Å²) >= 11 is 0. The molecule has 2 aliphatic rings. The van der Waals surface area contributed by atoms with E-state index in [2.05, 4.69) is 19.9 Å². The number of rotatable bonds is 6. The van der Waals surface area contributed by atoms with Crippen LogP contribution in [0.3, 0.4) is 0 Å². The fraction of sp³-hybridized carbons (Fsp3) is 0.944. The minimum atomic E-state index is -0.0636. The molecule has 0 aromatic rings. The maximum atomic E-state index is 9.55. The number of hydrogen-bond acceptors (Lipinski definition) is 3. The van der Waals surface area contributed by atoms with Crippen LogP contribution in [-0.2, 0) is 9.47 Å². The third kappa shape index (κ3) is 4.44. The van der Waals surface area contributed by atoms with Crippen LogP contribution in [0.25, 0.3) is 0 Å². The van der Waals surface area contributed by atoms with Gasteiger partial charge in [-0.1, -0.05) is 33.1 Å². The molecule has 1 saturated carbocycles. The molecule has 0 aromatic heterocycles. The highest BCUT2D eigenvalue weighted by Gasteiger charge is 2.39. The predicted molar refractivity (Wildman–Crippen MR) is 83.6 cm³/mol. The zero-order chi connectivity index (χ0) is 15.1. The molecule has 0 unspecified atom stereocenters. The molecule has 1 aliphatic carbocycles. The lowest BCUT2D eigenvalue weighted by Crippen LogP contribution is -2.40. The smallest absolute Gasteiger partial charge is 0.160 e. The van der Waals surface area contributed by atoms with Crippen LogP contribution in [0.2, 0.25) is 0 Å². The van der Waals surface area contributed by atoms with Gasteiger partial charge in [0, 0.05) is 11.8 Å². The fourth-order valence-electron chi connectivity index (χ4n) is 3.80. The van der Waals surface area contributed by atoms with Gasteiger partial charge in [-0.05, 0) is 38.5 Å². The molecule has 0 spiro atoms. The van der Waals surface area contributed by atoms with Gasteiger partial charge in [-0.15, -0.1) is 0 Å². The highest BCUT2D eigenvalue weighted by atomic mass is 16.7. The maximum absolute atomic E-state index is 9.55. The third-order valence-corrected chi connectivity index (χ3v) is 5.31. The van der Waals surface area contributed by atoms with Crippen molar-refractivity contribution in [3.8, 4) is 6.07 Å². The first-order valence-corrected chi connectivity index (χ1v) is 8.87. The van der Waals surface area contributed by atoms with E-state index in [1.165, 1.54) is 25.7 Å². The molecule has 1 saturated heterocycles. The minimum absolute atomic E-state index is 0.0130. The highest BCUT2D eigenvalue weighted by Crippen LogP contribution is 2.44. The van der Waals surface area contributed by atoms with E-state index in [0.717, 1.165) is 45.3 Å². The van der Waals surface area contributed by atoms with E-state index < -0.39 is 0 Å². The van der Waals surface area contributed by atoms with Crippen molar-refractivity contribution in [3.63, 3.8) is 0 Å². The lowest BCUT2D eigenvalue weighted by molar-refractivity contribution is -0.231. The van der Waals surface area contributed by atoms with Crippen molar-refractivity contribution in [3.05, 3.63) is 0 Å². The first-order chi connectivity index (χ1) is 10.2. The topological polar surface area (TPSA) is 42.2 Å². The maximum Gasteiger partial charge on any atom is 0.160 e. The summed E-state index contributed by atoms with van der Waals surface area (Å²) in [6.45, 7) is 6.13. The summed E-state index contributed by atoms with van der Waals surface area (Å²) < 4.78 is 11.9. The van der Waals surface area contributed by atoms with Crippen LogP contribution >= 0.6 is 0 Å². The van der Waals surface area contributed by atoms with Crippen LogP contribution in [0.1, 0.15) is 71.6 Å². The summed E-state index contributed by atoms with van der Waals surface area (Å²) in [4.78, 5) is 0.